The molecule has 0 amide bonds. The second kappa shape index (κ2) is 9.08. The zero-order valence-electron chi connectivity index (χ0n) is 20.0. The molecule has 3 aliphatic rings. The van der Waals surface area contributed by atoms with Gasteiger partial charge in [0, 0.05) is 24.4 Å². The fourth-order valence-corrected chi connectivity index (χ4v) is 7.44. The van der Waals surface area contributed by atoms with Crippen molar-refractivity contribution in [1.29, 1.82) is 0 Å². The Morgan fingerprint density at radius 1 is 1.18 bits per heavy atom. The van der Waals surface area contributed by atoms with Gasteiger partial charge in [-0.2, -0.15) is 0 Å². The van der Waals surface area contributed by atoms with E-state index in [9.17, 15) is 15.0 Å². The predicted molar refractivity (Wildman–Crippen MR) is 144 cm³/mol. The number of carbonyl (C=O) groups is 1. The van der Waals surface area contributed by atoms with Crippen molar-refractivity contribution in [3.8, 4) is 11.4 Å². The SMILES string of the molecule is O=C(O)c1cc(O)c2nc(N3C[C@@H]4CC3C[C@H]4OCc3c(C4CC4)nnn3-c3c(Cl)cccc3Cl)sc2c1. The van der Waals surface area contributed by atoms with Crippen LogP contribution in [0.3, 0.4) is 0 Å². The highest BCUT2D eigenvalue weighted by Gasteiger charge is 2.46. The lowest BCUT2D eigenvalue weighted by Gasteiger charge is -2.31. The number of aromatic carboxylic acids is 1. The van der Waals surface area contributed by atoms with Gasteiger partial charge in [-0.3, -0.25) is 0 Å². The lowest BCUT2D eigenvalue weighted by Crippen LogP contribution is -2.38. The van der Waals surface area contributed by atoms with Gasteiger partial charge in [0.25, 0.3) is 0 Å². The average molecular weight is 572 g/mol. The summed E-state index contributed by atoms with van der Waals surface area (Å²) >= 11 is 14.4. The normalized spacial score (nSPS) is 22.6. The lowest BCUT2D eigenvalue weighted by molar-refractivity contribution is 0.00991. The number of fused-ring (bicyclic) bond motifs is 3. The van der Waals surface area contributed by atoms with E-state index in [4.69, 9.17) is 27.9 Å². The van der Waals surface area contributed by atoms with E-state index >= 15 is 0 Å². The number of phenols is 1. The van der Waals surface area contributed by atoms with Gasteiger partial charge < -0.3 is 19.8 Å². The Hall–Kier alpha value is -2.92. The smallest absolute Gasteiger partial charge is 0.335 e. The molecule has 2 aromatic heterocycles. The van der Waals surface area contributed by atoms with Gasteiger partial charge >= 0.3 is 5.97 Å². The summed E-state index contributed by atoms with van der Waals surface area (Å²) in [6.45, 7) is 1.17. The highest BCUT2D eigenvalue weighted by atomic mass is 35.5. The van der Waals surface area contributed by atoms with E-state index in [1.54, 1.807) is 22.9 Å². The Kier molecular flexibility index (Phi) is 5.77. The summed E-state index contributed by atoms with van der Waals surface area (Å²) in [5.74, 6) is -0.442. The van der Waals surface area contributed by atoms with E-state index in [1.165, 1.54) is 17.4 Å². The number of piperidine rings is 1. The van der Waals surface area contributed by atoms with E-state index in [-0.39, 0.29) is 23.5 Å². The van der Waals surface area contributed by atoms with Crippen LogP contribution in [0.25, 0.3) is 15.9 Å². The molecule has 3 heterocycles. The van der Waals surface area contributed by atoms with Gasteiger partial charge in [0.15, 0.2) is 5.13 Å². The van der Waals surface area contributed by atoms with Crippen LogP contribution in [-0.2, 0) is 11.3 Å². The molecule has 3 atom stereocenters. The highest BCUT2D eigenvalue weighted by molar-refractivity contribution is 7.22. The molecule has 9 nitrogen and oxygen atoms in total. The number of benzene rings is 2. The minimum absolute atomic E-state index is 0.0546. The molecule has 0 radical (unpaired) electrons. The number of halogens is 2. The van der Waals surface area contributed by atoms with Gasteiger partial charge in [-0.25, -0.2) is 14.5 Å². The molecule has 12 heteroatoms. The molecule has 2 aliphatic carbocycles. The van der Waals surface area contributed by atoms with E-state index in [1.807, 2.05) is 6.07 Å². The van der Waals surface area contributed by atoms with Crippen LogP contribution >= 0.6 is 34.5 Å². The summed E-state index contributed by atoms with van der Waals surface area (Å²) in [5, 5.41) is 30.3. The van der Waals surface area contributed by atoms with Crippen LogP contribution in [0, 0.1) is 5.92 Å². The maximum atomic E-state index is 11.4. The standard InChI is InChI=1S/C26H23Cl2N5O4S/c27-16-2-1-3-17(28)24(16)33-18(22(30-31-33)12-4-5-12)11-37-20-9-15-6-14(20)10-32(15)26-29-23-19(34)7-13(25(35)36)8-21(23)38-26/h1-3,7-8,12,14-15,20,34H,4-6,9-11H2,(H,35,36)/t14-,15?,20+/m0/s1. The summed E-state index contributed by atoms with van der Waals surface area (Å²) in [6.07, 6.45) is 4.14. The number of phenolic OH excluding ortho intramolecular Hbond substituents is 1. The largest absolute Gasteiger partial charge is 0.506 e. The van der Waals surface area contributed by atoms with Gasteiger partial charge in [-0.15, -0.1) is 5.10 Å². The molecule has 2 bridgehead atoms. The number of anilines is 1. The predicted octanol–water partition coefficient (Wildman–Crippen LogP) is 5.65. The van der Waals surface area contributed by atoms with Crippen molar-refractivity contribution in [2.75, 3.05) is 11.4 Å². The van der Waals surface area contributed by atoms with Crippen LogP contribution in [0.2, 0.25) is 10.0 Å². The Bertz CT molecular complexity index is 1570. The van der Waals surface area contributed by atoms with Crippen molar-refractivity contribution in [3.05, 3.63) is 57.3 Å². The molecule has 196 valence electrons. The number of para-hydroxylation sites is 1. The summed E-state index contributed by atoms with van der Waals surface area (Å²) in [7, 11) is 0. The van der Waals surface area contributed by atoms with Gasteiger partial charge in [0.2, 0.25) is 0 Å². The number of rotatable bonds is 7. The first-order valence-electron chi connectivity index (χ1n) is 12.5. The first-order valence-corrected chi connectivity index (χ1v) is 14.1. The number of ether oxygens (including phenoxy) is 1. The molecule has 2 N–H and O–H groups in total. The van der Waals surface area contributed by atoms with Crippen LogP contribution in [0.4, 0.5) is 5.13 Å². The molecule has 3 fully saturated rings. The highest BCUT2D eigenvalue weighted by Crippen LogP contribution is 2.46. The van der Waals surface area contributed by atoms with Crippen LogP contribution in [0.15, 0.2) is 30.3 Å². The number of hydrogen-bond acceptors (Lipinski definition) is 8. The molecular formula is C26H23Cl2N5O4S. The van der Waals surface area contributed by atoms with E-state index < -0.39 is 5.97 Å². The summed E-state index contributed by atoms with van der Waals surface area (Å²) in [4.78, 5) is 18.3. The third kappa shape index (κ3) is 4.02. The molecule has 38 heavy (non-hydrogen) atoms. The minimum Gasteiger partial charge on any atom is -0.506 e. The van der Waals surface area contributed by atoms with Crippen LogP contribution in [0.5, 0.6) is 5.75 Å². The number of hydrogen-bond donors (Lipinski definition) is 2. The van der Waals surface area contributed by atoms with Crippen molar-refractivity contribution in [2.24, 2.45) is 5.92 Å². The zero-order chi connectivity index (χ0) is 26.1. The number of aromatic nitrogens is 4. The quantitative estimate of drug-likeness (QED) is 0.292. The van der Waals surface area contributed by atoms with Gasteiger partial charge in [0.05, 0.1) is 44.4 Å². The van der Waals surface area contributed by atoms with E-state index in [2.05, 4.69) is 20.2 Å². The number of aromatic hydroxyl groups is 1. The molecule has 1 unspecified atom stereocenters. The number of nitrogens with zero attached hydrogens (tertiary/aromatic N) is 5. The third-order valence-electron chi connectivity index (χ3n) is 7.77. The Morgan fingerprint density at radius 2 is 1.97 bits per heavy atom. The van der Waals surface area contributed by atoms with Crippen LogP contribution < -0.4 is 4.90 Å². The third-order valence-corrected chi connectivity index (χ3v) is 9.42. The van der Waals surface area contributed by atoms with Crippen LogP contribution in [0.1, 0.15) is 53.3 Å². The topological polar surface area (TPSA) is 114 Å². The van der Waals surface area contributed by atoms with Crippen LogP contribution in [-0.4, -0.2) is 54.9 Å². The Morgan fingerprint density at radius 3 is 2.66 bits per heavy atom. The fourth-order valence-electron chi connectivity index (χ4n) is 5.77. The monoisotopic (exact) mass is 571 g/mol. The molecule has 2 aromatic carbocycles. The van der Waals surface area contributed by atoms with E-state index in [0.717, 1.165) is 48.7 Å². The van der Waals surface area contributed by atoms with Crippen molar-refractivity contribution in [1.82, 2.24) is 20.0 Å². The number of carboxylic acids is 1. The first kappa shape index (κ1) is 24.1. The maximum absolute atomic E-state index is 11.4. The first-order chi connectivity index (χ1) is 18.4. The Labute approximate surface area is 231 Å². The van der Waals surface area contributed by atoms with Gasteiger partial charge in [-0.05, 0) is 49.9 Å². The number of carboxylic acid groups (broad SMARTS) is 1. The van der Waals surface area contributed by atoms with Crippen molar-refractivity contribution in [3.63, 3.8) is 0 Å². The average Bonchev–Trinajstić information content (AvgIpc) is 3.22. The fraction of sp³-hybridized carbons (Fsp3) is 0.385. The molecule has 1 aliphatic heterocycles. The molecule has 4 aromatic rings. The number of thiazole rings is 1. The maximum Gasteiger partial charge on any atom is 0.335 e. The Balaban J connectivity index is 1.09. The molecular weight excluding hydrogens is 549 g/mol. The molecule has 1 saturated heterocycles. The lowest BCUT2D eigenvalue weighted by atomic mass is 10.1. The summed E-state index contributed by atoms with van der Waals surface area (Å²) in [5.41, 5.74) is 2.98. The van der Waals surface area contributed by atoms with Crippen molar-refractivity contribution in [2.45, 2.75) is 50.4 Å². The van der Waals surface area contributed by atoms with E-state index in [0.29, 0.717) is 44.4 Å². The second-order valence-corrected chi connectivity index (χ2v) is 12.0. The minimum atomic E-state index is -1.07. The van der Waals surface area contributed by atoms with Gasteiger partial charge in [0.1, 0.15) is 17.0 Å². The molecule has 2 saturated carbocycles. The van der Waals surface area contributed by atoms with Gasteiger partial charge in [-0.1, -0.05) is 45.8 Å². The van der Waals surface area contributed by atoms with Crippen molar-refractivity contribution < 1.29 is 19.7 Å². The summed E-state index contributed by atoms with van der Waals surface area (Å²) < 4.78 is 8.91. The second-order valence-electron chi connectivity index (χ2n) is 10.2. The summed E-state index contributed by atoms with van der Waals surface area (Å²) in [6, 6.07) is 8.48. The van der Waals surface area contributed by atoms with Crippen molar-refractivity contribution >= 4 is 55.9 Å². The molecule has 7 rings (SSSR count). The zero-order valence-corrected chi connectivity index (χ0v) is 22.4. The molecule has 0 spiro atoms.